The highest BCUT2D eigenvalue weighted by atomic mass is 35.5. The minimum absolute atomic E-state index is 0.0795. The van der Waals surface area contributed by atoms with Crippen LogP contribution in [0.1, 0.15) is 31.0 Å². The minimum Gasteiger partial charge on any atom is -0.285 e. The van der Waals surface area contributed by atoms with Crippen molar-refractivity contribution in [2.75, 3.05) is 5.75 Å². The molecule has 0 aliphatic rings. The van der Waals surface area contributed by atoms with Crippen molar-refractivity contribution in [3.8, 4) is 5.82 Å². The summed E-state index contributed by atoms with van der Waals surface area (Å²) in [5.41, 5.74) is 2.07. The largest absolute Gasteiger partial charge is 0.285 e. The van der Waals surface area contributed by atoms with Crippen LogP contribution in [0.3, 0.4) is 0 Å². The molecule has 0 radical (unpaired) electrons. The summed E-state index contributed by atoms with van der Waals surface area (Å²) in [4.78, 5) is 16.5. The predicted molar refractivity (Wildman–Crippen MR) is 113 cm³/mol. The summed E-state index contributed by atoms with van der Waals surface area (Å²) in [6, 6.07) is 3.70. The SMILES string of the molecule is CCCCS(=O)(=O)NC(=O)C=Cc1c(C)nn(C)c1-n1ccc2cc(Cl)cnc21. The van der Waals surface area contributed by atoms with Crippen molar-refractivity contribution in [1.29, 1.82) is 0 Å². The lowest BCUT2D eigenvalue weighted by Gasteiger charge is -2.07. The van der Waals surface area contributed by atoms with Crippen LogP contribution in [0, 0.1) is 6.92 Å². The molecule has 1 N–H and O–H groups in total. The molecule has 3 aromatic heterocycles. The Bertz CT molecular complexity index is 1190. The van der Waals surface area contributed by atoms with Gasteiger partial charge in [0, 0.05) is 36.5 Å². The van der Waals surface area contributed by atoms with Gasteiger partial charge in [-0.15, -0.1) is 0 Å². The molecular weight excluding hydrogens is 414 g/mol. The van der Waals surface area contributed by atoms with Crippen LogP contribution in [-0.2, 0) is 21.9 Å². The third kappa shape index (κ3) is 4.68. The number of pyridine rings is 1. The summed E-state index contributed by atoms with van der Waals surface area (Å²) >= 11 is 6.02. The molecule has 0 aromatic carbocycles. The first-order valence-electron chi connectivity index (χ1n) is 9.11. The van der Waals surface area contributed by atoms with Gasteiger partial charge in [-0.05, 0) is 31.6 Å². The zero-order valence-corrected chi connectivity index (χ0v) is 18.0. The maximum atomic E-state index is 12.1. The molecule has 3 heterocycles. The van der Waals surface area contributed by atoms with E-state index >= 15 is 0 Å². The van der Waals surface area contributed by atoms with E-state index in [1.807, 2.05) is 36.7 Å². The van der Waals surface area contributed by atoms with Crippen LogP contribution in [-0.4, -0.2) is 39.4 Å². The van der Waals surface area contributed by atoms with Crippen molar-refractivity contribution in [3.63, 3.8) is 0 Å². The van der Waals surface area contributed by atoms with Crippen molar-refractivity contribution < 1.29 is 13.2 Å². The topological polar surface area (TPSA) is 98.9 Å². The van der Waals surface area contributed by atoms with Crippen molar-refractivity contribution >= 4 is 44.6 Å². The number of nitrogens with zero attached hydrogens (tertiary/aromatic N) is 4. The average Bonchev–Trinajstić information content (AvgIpc) is 3.17. The van der Waals surface area contributed by atoms with E-state index in [2.05, 4.69) is 14.8 Å². The second-order valence-electron chi connectivity index (χ2n) is 6.67. The number of amides is 1. The lowest BCUT2D eigenvalue weighted by atomic mass is 10.2. The molecule has 0 bridgehead atoms. The summed E-state index contributed by atoms with van der Waals surface area (Å²) in [6.07, 6.45) is 7.39. The molecule has 0 unspecified atom stereocenters. The van der Waals surface area contributed by atoms with Crippen LogP contribution in [0.5, 0.6) is 0 Å². The van der Waals surface area contributed by atoms with E-state index in [0.29, 0.717) is 34.2 Å². The molecule has 3 rings (SSSR count). The van der Waals surface area contributed by atoms with Gasteiger partial charge in [0.2, 0.25) is 10.0 Å². The van der Waals surface area contributed by atoms with Gasteiger partial charge in [-0.2, -0.15) is 5.10 Å². The van der Waals surface area contributed by atoms with Crippen LogP contribution in [0.2, 0.25) is 5.02 Å². The first-order chi connectivity index (χ1) is 13.7. The highest BCUT2D eigenvalue weighted by molar-refractivity contribution is 7.90. The quantitative estimate of drug-likeness (QED) is 0.575. The van der Waals surface area contributed by atoms with E-state index in [-0.39, 0.29) is 5.75 Å². The van der Waals surface area contributed by atoms with Crippen molar-refractivity contribution in [2.45, 2.75) is 26.7 Å². The number of unbranched alkanes of at least 4 members (excludes halogenated alkanes) is 1. The summed E-state index contributed by atoms with van der Waals surface area (Å²) in [7, 11) is -1.85. The van der Waals surface area contributed by atoms with E-state index in [4.69, 9.17) is 11.6 Å². The number of carbonyl (C=O) groups is 1. The maximum Gasteiger partial charge on any atom is 0.257 e. The van der Waals surface area contributed by atoms with Crippen LogP contribution in [0.25, 0.3) is 22.9 Å². The summed E-state index contributed by atoms with van der Waals surface area (Å²) in [5, 5.41) is 5.83. The molecular formula is C19H22ClN5O3S. The fourth-order valence-corrected chi connectivity index (χ4v) is 4.35. The van der Waals surface area contributed by atoms with Crippen molar-refractivity contribution in [1.82, 2.24) is 24.1 Å². The van der Waals surface area contributed by atoms with Crippen LogP contribution >= 0.6 is 11.6 Å². The first-order valence-corrected chi connectivity index (χ1v) is 11.1. The zero-order chi connectivity index (χ0) is 21.2. The van der Waals surface area contributed by atoms with Gasteiger partial charge in [0.05, 0.1) is 16.5 Å². The second-order valence-corrected chi connectivity index (χ2v) is 8.95. The predicted octanol–water partition coefficient (Wildman–Crippen LogP) is 2.98. The number of hydrogen-bond donors (Lipinski definition) is 1. The smallest absolute Gasteiger partial charge is 0.257 e. The summed E-state index contributed by atoms with van der Waals surface area (Å²) in [6.45, 7) is 3.70. The molecule has 0 saturated carbocycles. The normalized spacial score (nSPS) is 12.1. The van der Waals surface area contributed by atoms with Crippen LogP contribution in [0.15, 0.2) is 30.6 Å². The number of nitrogens with one attached hydrogen (secondary N) is 1. The van der Waals surface area contributed by atoms with Gasteiger partial charge in [0.15, 0.2) is 0 Å². The standard InChI is InChI=1S/C19H22ClN5O3S/c1-4-5-10-29(27,28)23-17(26)7-6-16-13(2)22-24(3)19(16)25-9-8-14-11-15(20)12-21-18(14)25/h6-9,11-12H,4-5,10H2,1-3H3,(H,23,26). The molecule has 0 spiro atoms. The number of rotatable bonds is 7. The molecule has 0 aliphatic carbocycles. The Hall–Kier alpha value is -2.65. The molecule has 1 amide bonds. The fourth-order valence-electron chi connectivity index (χ4n) is 3.04. The Morgan fingerprint density at radius 3 is 2.86 bits per heavy atom. The number of hydrogen-bond acceptors (Lipinski definition) is 5. The third-order valence-corrected chi connectivity index (χ3v) is 5.93. The maximum absolute atomic E-state index is 12.1. The highest BCUT2D eigenvalue weighted by Gasteiger charge is 2.17. The highest BCUT2D eigenvalue weighted by Crippen LogP contribution is 2.25. The lowest BCUT2D eigenvalue weighted by Crippen LogP contribution is -2.31. The van der Waals surface area contributed by atoms with Gasteiger partial charge >= 0.3 is 0 Å². The Morgan fingerprint density at radius 2 is 2.14 bits per heavy atom. The Labute approximate surface area is 174 Å². The van der Waals surface area contributed by atoms with Crippen molar-refractivity contribution in [2.24, 2.45) is 7.05 Å². The number of sulfonamides is 1. The molecule has 0 atom stereocenters. The number of aryl methyl sites for hydroxylation is 2. The van der Waals surface area contributed by atoms with Crippen LogP contribution < -0.4 is 4.72 Å². The average molecular weight is 436 g/mol. The van der Waals surface area contributed by atoms with E-state index in [1.165, 1.54) is 6.08 Å². The Kier molecular flexibility index (Phi) is 6.09. The van der Waals surface area contributed by atoms with E-state index in [0.717, 1.165) is 11.8 Å². The summed E-state index contributed by atoms with van der Waals surface area (Å²) < 4.78 is 29.4. The number of carbonyl (C=O) groups excluding carboxylic acids is 1. The van der Waals surface area contributed by atoms with Crippen molar-refractivity contribution in [3.05, 3.63) is 46.9 Å². The zero-order valence-electron chi connectivity index (χ0n) is 16.4. The van der Waals surface area contributed by atoms with Gasteiger partial charge in [-0.3, -0.25) is 14.0 Å². The molecule has 29 heavy (non-hydrogen) atoms. The van der Waals surface area contributed by atoms with E-state index in [9.17, 15) is 13.2 Å². The van der Waals surface area contributed by atoms with Gasteiger partial charge < -0.3 is 0 Å². The van der Waals surface area contributed by atoms with Gasteiger partial charge in [0.1, 0.15) is 11.5 Å². The third-order valence-electron chi connectivity index (χ3n) is 4.38. The minimum atomic E-state index is -3.64. The van der Waals surface area contributed by atoms with E-state index < -0.39 is 15.9 Å². The monoisotopic (exact) mass is 435 g/mol. The first kappa shape index (κ1) is 21.1. The molecule has 0 saturated heterocycles. The van der Waals surface area contributed by atoms with Gasteiger partial charge in [0.25, 0.3) is 5.91 Å². The van der Waals surface area contributed by atoms with Gasteiger partial charge in [-0.25, -0.2) is 18.1 Å². The number of aromatic nitrogens is 4. The van der Waals surface area contributed by atoms with Crippen LogP contribution in [0.4, 0.5) is 0 Å². The molecule has 0 fully saturated rings. The fraction of sp³-hybridized carbons (Fsp3) is 0.316. The Morgan fingerprint density at radius 1 is 1.38 bits per heavy atom. The Balaban J connectivity index is 1.93. The molecule has 154 valence electrons. The number of fused-ring (bicyclic) bond motifs is 1. The second kappa shape index (κ2) is 8.38. The lowest BCUT2D eigenvalue weighted by molar-refractivity contribution is -0.114. The molecule has 0 aliphatic heterocycles. The summed E-state index contributed by atoms with van der Waals surface area (Å²) in [5.74, 6) is -0.0769. The molecule has 3 aromatic rings. The molecule has 8 nitrogen and oxygen atoms in total. The number of halogens is 1. The molecule has 10 heteroatoms. The van der Waals surface area contributed by atoms with Gasteiger partial charge in [-0.1, -0.05) is 24.9 Å². The van der Waals surface area contributed by atoms with E-state index in [1.54, 1.807) is 24.0 Å².